The van der Waals surface area contributed by atoms with E-state index >= 15 is 0 Å². The monoisotopic (exact) mass is 330 g/mol. The molecule has 0 heterocycles. The molecule has 2 rings (SSSR count). The zero-order chi connectivity index (χ0) is 18.0. The normalized spacial score (nSPS) is 14.2. The second-order valence-electron chi connectivity index (χ2n) is 4.94. The number of aromatic hydroxyl groups is 3. The van der Waals surface area contributed by atoms with Crippen LogP contribution >= 0.6 is 0 Å². The first-order valence-corrected chi connectivity index (χ1v) is 6.80. The van der Waals surface area contributed by atoms with Crippen LogP contribution in [0.3, 0.4) is 0 Å². The van der Waals surface area contributed by atoms with Crippen LogP contribution < -0.4 is 0 Å². The number of ether oxygens (including phenoxy) is 1. The first kappa shape index (κ1) is 17.0. The Labute approximate surface area is 136 Å². The Balaban J connectivity index is 2.64. The van der Waals surface area contributed by atoms with Crippen LogP contribution in [0.15, 0.2) is 30.1 Å². The molecule has 124 valence electrons. The number of fused-ring (bicyclic) bond motifs is 1. The molecule has 0 aromatic heterocycles. The first-order chi connectivity index (χ1) is 11.3. The standard InChI is InChI=1S/C17H14O7/c1-8(18)5-3-4-6-9-14(20)12-10(19)7-11(24-2)16(22)13(12)17(23)15(9)21/h3-7,20-21,23H,1-2H3. The van der Waals surface area contributed by atoms with E-state index in [9.17, 15) is 29.7 Å². The van der Waals surface area contributed by atoms with Gasteiger partial charge in [-0.3, -0.25) is 14.4 Å². The van der Waals surface area contributed by atoms with E-state index in [1.165, 1.54) is 38.3 Å². The molecular formula is C17H14O7. The van der Waals surface area contributed by atoms with E-state index < -0.39 is 39.9 Å². The van der Waals surface area contributed by atoms with Crippen molar-refractivity contribution in [2.24, 2.45) is 0 Å². The summed E-state index contributed by atoms with van der Waals surface area (Å²) in [6.45, 7) is 1.34. The second-order valence-corrected chi connectivity index (χ2v) is 4.94. The van der Waals surface area contributed by atoms with Crippen molar-refractivity contribution in [1.29, 1.82) is 0 Å². The number of ketones is 3. The predicted octanol–water partition coefficient (Wildman–Crippen LogP) is 1.87. The van der Waals surface area contributed by atoms with Crippen LogP contribution in [0.1, 0.15) is 33.2 Å². The summed E-state index contributed by atoms with van der Waals surface area (Å²) < 4.78 is 4.76. The third-order valence-corrected chi connectivity index (χ3v) is 3.34. The van der Waals surface area contributed by atoms with Gasteiger partial charge in [0, 0.05) is 6.08 Å². The minimum absolute atomic E-state index is 0.209. The minimum atomic E-state index is -0.834. The average molecular weight is 330 g/mol. The number of benzene rings is 1. The Morgan fingerprint density at radius 2 is 1.71 bits per heavy atom. The van der Waals surface area contributed by atoms with Gasteiger partial charge in [0.25, 0.3) is 0 Å². The molecular weight excluding hydrogens is 316 g/mol. The summed E-state index contributed by atoms with van der Waals surface area (Å²) in [5.74, 6) is -4.35. The average Bonchev–Trinajstić information content (AvgIpc) is 2.53. The lowest BCUT2D eigenvalue weighted by Crippen LogP contribution is -2.18. The van der Waals surface area contributed by atoms with Gasteiger partial charge in [-0.15, -0.1) is 0 Å². The molecule has 0 aliphatic heterocycles. The summed E-state index contributed by atoms with van der Waals surface area (Å²) in [6, 6.07) is 0. The number of Topliss-reactive ketones (excluding diaryl/α,β-unsaturated/α-hetero) is 1. The number of rotatable bonds is 4. The fraction of sp³-hybridized carbons (Fsp3) is 0.118. The molecule has 1 aliphatic carbocycles. The lowest BCUT2D eigenvalue weighted by molar-refractivity contribution is -0.112. The van der Waals surface area contributed by atoms with Crippen LogP contribution in [-0.4, -0.2) is 39.8 Å². The largest absolute Gasteiger partial charge is 0.506 e. The quantitative estimate of drug-likeness (QED) is 0.333. The van der Waals surface area contributed by atoms with Gasteiger partial charge in [0.15, 0.2) is 28.8 Å². The van der Waals surface area contributed by atoms with E-state index in [-0.39, 0.29) is 17.1 Å². The van der Waals surface area contributed by atoms with Crippen molar-refractivity contribution in [2.75, 3.05) is 7.11 Å². The number of methoxy groups -OCH3 is 1. The minimum Gasteiger partial charge on any atom is -0.506 e. The lowest BCUT2D eigenvalue weighted by atomic mass is 9.89. The van der Waals surface area contributed by atoms with Crippen molar-refractivity contribution in [2.45, 2.75) is 6.92 Å². The van der Waals surface area contributed by atoms with Crippen LogP contribution in [-0.2, 0) is 9.53 Å². The molecule has 7 nitrogen and oxygen atoms in total. The summed E-state index contributed by atoms with van der Waals surface area (Å²) in [5.41, 5.74) is -1.20. The molecule has 1 aromatic carbocycles. The van der Waals surface area contributed by atoms with Crippen molar-refractivity contribution >= 4 is 23.4 Å². The molecule has 0 saturated carbocycles. The summed E-state index contributed by atoms with van der Waals surface area (Å²) in [5, 5.41) is 30.3. The molecule has 0 amide bonds. The maximum atomic E-state index is 12.2. The zero-order valence-electron chi connectivity index (χ0n) is 12.9. The summed E-state index contributed by atoms with van der Waals surface area (Å²) >= 11 is 0. The van der Waals surface area contributed by atoms with E-state index in [4.69, 9.17) is 4.74 Å². The molecule has 0 unspecified atom stereocenters. The molecule has 7 heteroatoms. The van der Waals surface area contributed by atoms with Gasteiger partial charge in [-0.2, -0.15) is 0 Å². The SMILES string of the molecule is COC1=CC(=O)c2c(O)c(C=CC=CC(C)=O)c(O)c(O)c2C1=O. The predicted molar refractivity (Wildman–Crippen MR) is 84.0 cm³/mol. The molecule has 1 aromatic rings. The summed E-state index contributed by atoms with van der Waals surface area (Å²) in [4.78, 5) is 35.1. The van der Waals surface area contributed by atoms with E-state index in [1.54, 1.807) is 0 Å². The Bertz CT molecular complexity index is 841. The third kappa shape index (κ3) is 2.79. The Morgan fingerprint density at radius 1 is 1.04 bits per heavy atom. The van der Waals surface area contributed by atoms with Gasteiger partial charge >= 0.3 is 0 Å². The molecule has 0 atom stereocenters. The Morgan fingerprint density at radius 3 is 2.29 bits per heavy atom. The number of phenols is 3. The highest BCUT2D eigenvalue weighted by molar-refractivity contribution is 6.26. The fourth-order valence-electron chi connectivity index (χ4n) is 2.22. The van der Waals surface area contributed by atoms with Crippen molar-refractivity contribution in [1.82, 2.24) is 0 Å². The van der Waals surface area contributed by atoms with E-state index in [1.807, 2.05) is 0 Å². The van der Waals surface area contributed by atoms with E-state index in [0.717, 1.165) is 6.08 Å². The highest BCUT2D eigenvalue weighted by Crippen LogP contribution is 2.45. The van der Waals surface area contributed by atoms with Crippen molar-refractivity contribution in [3.05, 3.63) is 46.8 Å². The van der Waals surface area contributed by atoms with Crippen LogP contribution in [0.2, 0.25) is 0 Å². The van der Waals surface area contributed by atoms with Crippen LogP contribution in [0.4, 0.5) is 0 Å². The number of carbonyl (C=O) groups is 3. The van der Waals surface area contributed by atoms with Crippen molar-refractivity contribution in [3.63, 3.8) is 0 Å². The smallest absolute Gasteiger partial charge is 0.232 e. The molecule has 0 spiro atoms. The molecule has 3 N–H and O–H groups in total. The molecule has 24 heavy (non-hydrogen) atoms. The fourth-order valence-corrected chi connectivity index (χ4v) is 2.22. The van der Waals surface area contributed by atoms with E-state index in [2.05, 4.69) is 0 Å². The van der Waals surface area contributed by atoms with Crippen LogP contribution in [0, 0.1) is 0 Å². The molecule has 0 radical (unpaired) electrons. The number of hydrogen-bond acceptors (Lipinski definition) is 7. The zero-order valence-corrected chi connectivity index (χ0v) is 12.9. The van der Waals surface area contributed by atoms with Crippen molar-refractivity contribution < 1.29 is 34.4 Å². The van der Waals surface area contributed by atoms with Crippen LogP contribution in [0.5, 0.6) is 17.2 Å². The van der Waals surface area contributed by atoms with Gasteiger partial charge in [-0.25, -0.2) is 0 Å². The topological polar surface area (TPSA) is 121 Å². The van der Waals surface area contributed by atoms with Crippen molar-refractivity contribution in [3.8, 4) is 17.2 Å². The lowest BCUT2D eigenvalue weighted by Gasteiger charge is -2.19. The second kappa shape index (κ2) is 6.41. The molecule has 1 aliphatic rings. The first-order valence-electron chi connectivity index (χ1n) is 6.80. The van der Waals surface area contributed by atoms with Gasteiger partial charge in [-0.05, 0) is 19.1 Å². The van der Waals surface area contributed by atoms with Gasteiger partial charge in [0.2, 0.25) is 5.78 Å². The Hall–Kier alpha value is -3.35. The van der Waals surface area contributed by atoms with Crippen LogP contribution in [0.25, 0.3) is 6.08 Å². The molecule has 0 fully saturated rings. The third-order valence-electron chi connectivity index (χ3n) is 3.34. The maximum Gasteiger partial charge on any atom is 0.232 e. The summed E-state index contributed by atoms with van der Waals surface area (Å²) in [7, 11) is 1.18. The molecule has 0 bridgehead atoms. The highest BCUT2D eigenvalue weighted by atomic mass is 16.5. The van der Waals surface area contributed by atoms with Gasteiger partial charge in [0.1, 0.15) is 5.75 Å². The van der Waals surface area contributed by atoms with Gasteiger partial charge in [-0.1, -0.05) is 12.2 Å². The highest BCUT2D eigenvalue weighted by Gasteiger charge is 2.35. The number of phenolic OH excluding ortho intramolecular Hbond substituents is 3. The number of hydrogen-bond donors (Lipinski definition) is 3. The molecule has 0 saturated heterocycles. The number of allylic oxidation sites excluding steroid dienone is 5. The summed E-state index contributed by atoms with van der Waals surface area (Å²) in [6.07, 6.45) is 6.01. The van der Waals surface area contributed by atoms with Gasteiger partial charge < -0.3 is 20.1 Å². The maximum absolute atomic E-state index is 12.2. The van der Waals surface area contributed by atoms with E-state index in [0.29, 0.717) is 0 Å². The Kier molecular flexibility index (Phi) is 4.54. The van der Waals surface area contributed by atoms with Gasteiger partial charge in [0.05, 0.1) is 23.8 Å². The number of carbonyl (C=O) groups excluding carboxylic acids is 3.